The summed E-state index contributed by atoms with van der Waals surface area (Å²) >= 11 is 0. The standard InChI is InChI=1S/C11H21N3O/c15-14-11(9-1-5-12-6-2-9)10-3-7-13-8-4-10/h9-10,12-13,15H,1-8H2. The van der Waals surface area contributed by atoms with Crippen LogP contribution in [-0.2, 0) is 0 Å². The first kappa shape index (κ1) is 10.9. The molecule has 0 amide bonds. The molecule has 2 fully saturated rings. The zero-order valence-electron chi connectivity index (χ0n) is 9.21. The van der Waals surface area contributed by atoms with Crippen LogP contribution in [0.2, 0.25) is 0 Å². The van der Waals surface area contributed by atoms with Gasteiger partial charge in [0.1, 0.15) is 0 Å². The first-order valence-electron chi connectivity index (χ1n) is 6.05. The highest BCUT2D eigenvalue weighted by Crippen LogP contribution is 2.24. The van der Waals surface area contributed by atoms with E-state index in [1.807, 2.05) is 0 Å². The summed E-state index contributed by atoms with van der Waals surface area (Å²) in [5.74, 6) is 1.03. The highest BCUT2D eigenvalue weighted by Gasteiger charge is 2.27. The van der Waals surface area contributed by atoms with Crippen LogP contribution in [0.25, 0.3) is 0 Å². The van der Waals surface area contributed by atoms with E-state index in [1.54, 1.807) is 0 Å². The molecule has 0 aromatic carbocycles. The number of nitrogens with one attached hydrogen (secondary N) is 2. The molecule has 86 valence electrons. The van der Waals surface area contributed by atoms with Crippen molar-refractivity contribution in [1.82, 2.24) is 10.6 Å². The first-order chi connectivity index (χ1) is 7.42. The SMILES string of the molecule is ON=C(C1CCNCC1)C1CCNCC1. The van der Waals surface area contributed by atoms with Gasteiger partial charge in [-0.2, -0.15) is 0 Å². The van der Waals surface area contributed by atoms with E-state index >= 15 is 0 Å². The van der Waals surface area contributed by atoms with Crippen molar-refractivity contribution in [1.29, 1.82) is 0 Å². The third kappa shape index (κ3) is 2.69. The number of rotatable bonds is 2. The average molecular weight is 211 g/mol. The molecule has 0 bridgehead atoms. The van der Waals surface area contributed by atoms with Crippen LogP contribution in [0.5, 0.6) is 0 Å². The molecule has 0 unspecified atom stereocenters. The summed E-state index contributed by atoms with van der Waals surface area (Å²) in [5, 5.41) is 19.5. The lowest BCUT2D eigenvalue weighted by molar-refractivity contribution is 0.298. The van der Waals surface area contributed by atoms with Gasteiger partial charge in [0.2, 0.25) is 0 Å². The Morgan fingerprint density at radius 3 is 1.60 bits per heavy atom. The zero-order valence-corrected chi connectivity index (χ0v) is 9.21. The maximum Gasteiger partial charge on any atom is 0.0634 e. The minimum absolute atomic E-state index is 0.513. The lowest BCUT2D eigenvalue weighted by Gasteiger charge is -2.30. The number of piperidine rings is 2. The lowest BCUT2D eigenvalue weighted by atomic mass is 9.81. The summed E-state index contributed by atoms with van der Waals surface area (Å²) in [5.41, 5.74) is 1.07. The van der Waals surface area contributed by atoms with E-state index < -0.39 is 0 Å². The van der Waals surface area contributed by atoms with E-state index in [0.717, 1.165) is 57.6 Å². The number of oxime groups is 1. The largest absolute Gasteiger partial charge is 0.411 e. The molecule has 4 heteroatoms. The summed E-state index contributed by atoms with van der Waals surface area (Å²) in [7, 11) is 0. The molecule has 0 atom stereocenters. The smallest absolute Gasteiger partial charge is 0.0634 e. The predicted molar refractivity (Wildman–Crippen MR) is 60.4 cm³/mol. The molecular formula is C11H21N3O. The van der Waals surface area contributed by atoms with Crippen LogP contribution in [0.3, 0.4) is 0 Å². The van der Waals surface area contributed by atoms with Gasteiger partial charge in [0.05, 0.1) is 5.71 Å². The van der Waals surface area contributed by atoms with Crippen LogP contribution in [0.15, 0.2) is 5.16 Å². The number of hydrogen-bond donors (Lipinski definition) is 3. The van der Waals surface area contributed by atoms with Crippen molar-refractivity contribution >= 4 is 5.71 Å². The van der Waals surface area contributed by atoms with Crippen molar-refractivity contribution in [3.8, 4) is 0 Å². The number of hydrogen-bond acceptors (Lipinski definition) is 4. The topological polar surface area (TPSA) is 56.7 Å². The highest BCUT2D eigenvalue weighted by atomic mass is 16.4. The second-order valence-electron chi connectivity index (χ2n) is 4.57. The molecule has 3 N–H and O–H groups in total. The summed E-state index contributed by atoms with van der Waals surface area (Å²) in [6, 6.07) is 0. The van der Waals surface area contributed by atoms with Gasteiger partial charge in [-0.05, 0) is 51.9 Å². The van der Waals surface area contributed by atoms with Crippen LogP contribution in [0, 0.1) is 11.8 Å². The fraction of sp³-hybridized carbons (Fsp3) is 0.909. The molecule has 15 heavy (non-hydrogen) atoms. The van der Waals surface area contributed by atoms with Crippen molar-refractivity contribution in [2.45, 2.75) is 25.7 Å². The van der Waals surface area contributed by atoms with E-state index in [2.05, 4.69) is 15.8 Å². The highest BCUT2D eigenvalue weighted by molar-refractivity contribution is 5.88. The van der Waals surface area contributed by atoms with Gasteiger partial charge >= 0.3 is 0 Å². The minimum atomic E-state index is 0.513. The Morgan fingerprint density at radius 2 is 1.27 bits per heavy atom. The van der Waals surface area contributed by atoms with Gasteiger partial charge < -0.3 is 15.8 Å². The summed E-state index contributed by atoms with van der Waals surface area (Å²) in [6.45, 7) is 4.26. The van der Waals surface area contributed by atoms with Gasteiger partial charge in [-0.15, -0.1) is 0 Å². The maximum atomic E-state index is 9.18. The summed E-state index contributed by atoms with van der Waals surface area (Å²) in [4.78, 5) is 0. The van der Waals surface area contributed by atoms with Crippen molar-refractivity contribution < 1.29 is 5.21 Å². The molecule has 0 aromatic rings. The van der Waals surface area contributed by atoms with Gasteiger partial charge in [0.15, 0.2) is 0 Å². The summed E-state index contributed by atoms with van der Waals surface area (Å²) < 4.78 is 0. The van der Waals surface area contributed by atoms with Crippen molar-refractivity contribution in [2.75, 3.05) is 26.2 Å². The zero-order chi connectivity index (χ0) is 10.5. The van der Waals surface area contributed by atoms with Gasteiger partial charge in [-0.25, -0.2) is 0 Å². The second kappa shape index (κ2) is 5.47. The normalized spacial score (nSPS) is 25.1. The molecule has 2 heterocycles. The second-order valence-corrected chi connectivity index (χ2v) is 4.57. The van der Waals surface area contributed by atoms with E-state index in [0.29, 0.717) is 11.8 Å². The van der Waals surface area contributed by atoms with E-state index in [9.17, 15) is 5.21 Å². The summed E-state index contributed by atoms with van der Waals surface area (Å²) in [6.07, 6.45) is 4.51. The fourth-order valence-electron chi connectivity index (χ4n) is 2.73. The average Bonchev–Trinajstić information content (AvgIpc) is 2.33. The van der Waals surface area contributed by atoms with Crippen LogP contribution in [-0.4, -0.2) is 37.1 Å². The third-order valence-corrected chi connectivity index (χ3v) is 3.63. The molecule has 2 rings (SSSR count). The Bertz CT molecular complexity index is 198. The van der Waals surface area contributed by atoms with Gasteiger partial charge in [-0.1, -0.05) is 5.16 Å². The molecule has 0 saturated carbocycles. The third-order valence-electron chi connectivity index (χ3n) is 3.63. The Hall–Kier alpha value is -0.610. The Morgan fingerprint density at radius 1 is 0.867 bits per heavy atom. The van der Waals surface area contributed by atoms with Crippen molar-refractivity contribution in [3.63, 3.8) is 0 Å². The Kier molecular flexibility index (Phi) is 3.97. The van der Waals surface area contributed by atoms with Crippen LogP contribution >= 0.6 is 0 Å². The number of nitrogens with zero attached hydrogens (tertiary/aromatic N) is 1. The quantitative estimate of drug-likeness (QED) is 0.360. The van der Waals surface area contributed by atoms with Crippen molar-refractivity contribution in [2.24, 2.45) is 17.0 Å². The molecule has 0 radical (unpaired) electrons. The Labute approximate surface area is 91.1 Å². The lowest BCUT2D eigenvalue weighted by Crippen LogP contribution is -2.38. The Balaban J connectivity index is 1.95. The molecule has 0 spiro atoms. The molecule has 2 aliphatic rings. The molecule has 2 aliphatic heterocycles. The van der Waals surface area contributed by atoms with Crippen LogP contribution in [0.4, 0.5) is 0 Å². The molecule has 0 aromatic heterocycles. The van der Waals surface area contributed by atoms with Gasteiger partial charge in [-0.3, -0.25) is 0 Å². The van der Waals surface area contributed by atoms with E-state index in [1.165, 1.54) is 0 Å². The van der Waals surface area contributed by atoms with Crippen LogP contribution in [0.1, 0.15) is 25.7 Å². The van der Waals surface area contributed by atoms with E-state index in [4.69, 9.17) is 0 Å². The maximum absolute atomic E-state index is 9.18. The fourth-order valence-corrected chi connectivity index (χ4v) is 2.73. The van der Waals surface area contributed by atoms with Gasteiger partial charge in [0, 0.05) is 11.8 Å². The van der Waals surface area contributed by atoms with Crippen LogP contribution < -0.4 is 10.6 Å². The monoisotopic (exact) mass is 211 g/mol. The molecular weight excluding hydrogens is 190 g/mol. The van der Waals surface area contributed by atoms with E-state index in [-0.39, 0.29) is 0 Å². The van der Waals surface area contributed by atoms with Crippen molar-refractivity contribution in [3.05, 3.63) is 0 Å². The first-order valence-corrected chi connectivity index (χ1v) is 6.05. The minimum Gasteiger partial charge on any atom is -0.411 e. The molecule has 0 aliphatic carbocycles. The molecule has 4 nitrogen and oxygen atoms in total. The molecule has 2 saturated heterocycles. The van der Waals surface area contributed by atoms with Gasteiger partial charge in [0.25, 0.3) is 0 Å². The predicted octanol–water partition coefficient (Wildman–Crippen LogP) is 0.816.